The molecule has 0 saturated carbocycles. The van der Waals surface area contributed by atoms with Gasteiger partial charge in [-0.15, -0.1) is 0 Å². The van der Waals surface area contributed by atoms with E-state index in [1.807, 2.05) is 90.4 Å². The van der Waals surface area contributed by atoms with Crippen molar-refractivity contribution in [1.29, 1.82) is 0 Å². The Morgan fingerprint density at radius 2 is 1.71 bits per heavy atom. The van der Waals surface area contributed by atoms with E-state index in [4.69, 9.17) is 9.72 Å². The molecule has 1 aliphatic rings. The Kier molecular flexibility index (Phi) is 4.67. The van der Waals surface area contributed by atoms with Gasteiger partial charge in [0.1, 0.15) is 5.75 Å². The average Bonchev–Trinajstić information content (AvgIpc) is 3.18. The van der Waals surface area contributed by atoms with E-state index in [1.54, 1.807) is 7.11 Å². The van der Waals surface area contributed by atoms with Crippen molar-refractivity contribution < 1.29 is 9.53 Å². The number of nitrogens with one attached hydrogen (secondary N) is 2. The van der Waals surface area contributed by atoms with Gasteiger partial charge in [-0.25, -0.2) is 4.98 Å². The monoisotopic (exact) mass is 410 g/mol. The summed E-state index contributed by atoms with van der Waals surface area (Å²) >= 11 is 0. The number of hydrogen-bond donors (Lipinski definition) is 2. The number of rotatable bonds is 4. The van der Waals surface area contributed by atoms with Crippen molar-refractivity contribution in [3.05, 3.63) is 90.0 Å². The first-order chi connectivity index (χ1) is 15.2. The number of nitrogens with zero attached hydrogens (tertiary/aromatic N) is 2. The van der Waals surface area contributed by atoms with Gasteiger partial charge in [0.2, 0.25) is 5.95 Å². The number of methoxy groups -OCH3 is 1. The van der Waals surface area contributed by atoms with Crippen LogP contribution in [0.5, 0.6) is 5.75 Å². The SMILES string of the molecule is COc1ccc([C@H]2Nc3nc4ccccc4n3C(C)=C2C(=O)Nc2ccccc2)cc1. The molecule has 0 unspecified atom stereocenters. The van der Waals surface area contributed by atoms with Crippen molar-refractivity contribution in [2.45, 2.75) is 13.0 Å². The predicted octanol–water partition coefficient (Wildman–Crippen LogP) is 5.08. The average molecular weight is 410 g/mol. The lowest BCUT2D eigenvalue weighted by Gasteiger charge is -2.30. The van der Waals surface area contributed by atoms with Crippen LogP contribution in [0.3, 0.4) is 0 Å². The summed E-state index contributed by atoms with van der Waals surface area (Å²) in [6, 6.07) is 24.8. The van der Waals surface area contributed by atoms with Gasteiger partial charge in [0, 0.05) is 11.4 Å². The van der Waals surface area contributed by atoms with Gasteiger partial charge in [-0.2, -0.15) is 0 Å². The molecule has 3 aromatic carbocycles. The molecule has 0 bridgehead atoms. The van der Waals surface area contributed by atoms with E-state index in [9.17, 15) is 4.79 Å². The zero-order valence-electron chi connectivity index (χ0n) is 17.3. The van der Waals surface area contributed by atoms with Crippen LogP contribution >= 0.6 is 0 Å². The van der Waals surface area contributed by atoms with Crippen LogP contribution in [0.4, 0.5) is 11.6 Å². The number of para-hydroxylation sites is 3. The zero-order valence-corrected chi connectivity index (χ0v) is 17.3. The first kappa shape index (κ1) is 18.9. The second-order valence-electron chi connectivity index (χ2n) is 7.43. The summed E-state index contributed by atoms with van der Waals surface area (Å²) in [7, 11) is 1.64. The van der Waals surface area contributed by atoms with Crippen molar-refractivity contribution in [2.24, 2.45) is 0 Å². The molecule has 31 heavy (non-hydrogen) atoms. The maximum atomic E-state index is 13.5. The Morgan fingerprint density at radius 3 is 2.45 bits per heavy atom. The molecule has 5 rings (SSSR count). The van der Waals surface area contributed by atoms with Gasteiger partial charge in [-0.1, -0.05) is 42.5 Å². The van der Waals surface area contributed by atoms with Gasteiger partial charge in [0.05, 0.1) is 29.8 Å². The van der Waals surface area contributed by atoms with Crippen molar-refractivity contribution in [3.8, 4) is 5.75 Å². The van der Waals surface area contributed by atoms with E-state index in [1.165, 1.54) is 0 Å². The van der Waals surface area contributed by atoms with Gasteiger partial charge in [0.15, 0.2) is 0 Å². The summed E-state index contributed by atoms with van der Waals surface area (Å²) in [5.74, 6) is 1.33. The normalized spacial score (nSPS) is 15.4. The maximum absolute atomic E-state index is 13.5. The lowest BCUT2D eigenvalue weighted by atomic mass is 9.94. The molecule has 2 heterocycles. The standard InChI is InChI=1S/C25H22N4O2/c1-16-22(24(30)26-18-8-4-3-5-9-18)23(17-12-14-19(31-2)15-13-17)28-25-27-20-10-6-7-11-21(20)29(16)25/h3-15,23H,1-2H3,(H,26,30)(H,27,28)/t23-/m1/s1. The number of aromatic nitrogens is 2. The number of allylic oxidation sites excluding steroid dienone is 1. The zero-order chi connectivity index (χ0) is 21.4. The van der Waals surface area contributed by atoms with E-state index in [0.29, 0.717) is 5.57 Å². The Bertz CT molecular complexity index is 1290. The fourth-order valence-corrected chi connectivity index (χ4v) is 4.05. The van der Waals surface area contributed by atoms with Gasteiger partial charge < -0.3 is 15.4 Å². The first-order valence-corrected chi connectivity index (χ1v) is 10.1. The molecule has 6 nitrogen and oxygen atoms in total. The molecule has 1 amide bonds. The molecule has 0 saturated heterocycles. The maximum Gasteiger partial charge on any atom is 0.255 e. The molecule has 1 aliphatic heterocycles. The molecule has 0 aliphatic carbocycles. The summed E-state index contributed by atoms with van der Waals surface area (Å²) in [4.78, 5) is 18.2. The van der Waals surface area contributed by atoms with E-state index in [2.05, 4.69) is 10.6 Å². The Hall–Kier alpha value is -4.06. The number of ether oxygens (including phenoxy) is 1. The summed E-state index contributed by atoms with van der Waals surface area (Å²) < 4.78 is 7.31. The largest absolute Gasteiger partial charge is 0.497 e. The molecule has 0 radical (unpaired) electrons. The van der Waals surface area contributed by atoms with Crippen LogP contribution in [-0.4, -0.2) is 22.6 Å². The molecule has 6 heteroatoms. The Morgan fingerprint density at radius 1 is 1.00 bits per heavy atom. The molecule has 154 valence electrons. The van der Waals surface area contributed by atoms with Crippen LogP contribution in [-0.2, 0) is 4.79 Å². The van der Waals surface area contributed by atoms with Crippen LogP contribution in [0.15, 0.2) is 84.4 Å². The molecule has 0 fully saturated rings. The summed E-state index contributed by atoms with van der Waals surface area (Å²) in [5.41, 5.74) is 5.03. The number of anilines is 2. The van der Waals surface area contributed by atoms with Gasteiger partial charge in [-0.05, 0) is 48.9 Å². The molecule has 1 atom stereocenters. The van der Waals surface area contributed by atoms with Gasteiger partial charge in [0.25, 0.3) is 5.91 Å². The fraction of sp³-hybridized carbons (Fsp3) is 0.120. The summed E-state index contributed by atoms with van der Waals surface area (Å²) in [5, 5.41) is 6.52. The number of benzene rings is 3. The quantitative estimate of drug-likeness (QED) is 0.492. The van der Waals surface area contributed by atoms with E-state index in [-0.39, 0.29) is 11.9 Å². The fourth-order valence-electron chi connectivity index (χ4n) is 4.05. The number of imidazole rings is 1. The smallest absolute Gasteiger partial charge is 0.255 e. The van der Waals surface area contributed by atoms with E-state index >= 15 is 0 Å². The first-order valence-electron chi connectivity index (χ1n) is 10.1. The highest BCUT2D eigenvalue weighted by atomic mass is 16.5. The van der Waals surface area contributed by atoms with Crippen LogP contribution in [0, 0.1) is 0 Å². The minimum atomic E-state index is -0.348. The predicted molar refractivity (Wildman–Crippen MR) is 123 cm³/mol. The van der Waals surface area contributed by atoms with Gasteiger partial charge in [-0.3, -0.25) is 9.36 Å². The molecule has 0 spiro atoms. The van der Waals surface area contributed by atoms with Crippen LogP contribution in [0.1, 0.15) is 18.5 Å². The van der Waals surface area contributed by atoms with E-state index in [0.717, 1.165) is 39.7 Å². The van der Waals surface area contributed by atoms with Crippen molar-refractivity contribution in [1.82, 2.24) is 9.55 Å². The van der Waals surface area contributed by atoms with Crippen LogP contribution in [0.25, 0.3) is 16.7 Å². The molecule has 4 aromatic rings. The molecular weight excluding hydrogens is 388 g/mol. The lowest BCUT2D eigenvalue weighted by Crippen LogP contribution is -2.30. The topological polar surface area (TPSA) is 68.2 Å². The summed E-state index contributed by atoms with van der Waals surface area (Å²) in [6.07, 6.45) is 0. The third-order valence-electron chi connectivity index (χ3n) is 5.57. The van der Waals surface area contributed by atoms with Crippen LogP contribution in [0.2, 0.25) is 0 Å². The van der Waals surface area contributed by atoms with Crippen molar-refractivity contribution in [2.75, 3.05) is 17.7 Å². The Balaban J connectivity index is 1.64. The highest BCUT2D eigenvalue weighted by Crippen LogP contribution is 2.39. The number of carbonyl (C=O) groups excluding carboxylic acids is 1. The van der Waals surface area contributed by atoms with Crippen LogP contribution < -0.4 is 15.4 Å². The molecular formula is C25H22N4O2. The van der Waals surface area contributed by atoms with E-state index < -0.39 is 0 Å². The van der Waals surface area contributed by atoms with Crippen molar-refractivity contribution in [3.63, 3.8) is 0 Å². The second-order valence-corrected chi connectivity index (χ2v) is 7.43. The lowest BCUT2D eigenvalue weighted by molar-refractivity contribution is -0.113. The highest BCUT2D eigenvalue weighted by molar-refractivity contribution is 6.10. The second kappa shape index (κ2) is 7.65. The third kappa shape index (κ3) is 3.32. The minimum absolute atomic E-state index is 0.152. The Labute approximate surface area is 180 Å². The van der Waals surface area contributed by atoms with Gasteiger partial charge >= 0.3 is 0 Å². The molecule has 2 N–H and O–H groups in total. The minimum Gasteiger partial charge on any atom is -0.497 e. The number of carbonyl (C=O) groups is 1. The number of hydrogen-bond acceptors (Lipinski definition) is 4. The third-order valence-corrected chi connectivity index (χ3v) is 5.57. The summed E-state index contributed by atoms with van der Waals surface area (Å²) in [6.45, 7) is 1.97. The highest BCUT2D eigenvalue weighted by Gasteiger charge is 2.32. The molecule has 1 aromatic heterocycles. The number of amides is 1. The number of fused-ring (bicyclic) bond motifs is 3. The van der Waals surface area contributed by atoms with Crippen molar-refractivity contribution >= 4 is 34.3 Å².